The molecule has 2 aromatic rings. The van der Waals surface area contributed by atoms with Crippen molar-refractivity contribution in [1.82, 2.24) is 20.5 Å². The van der Waals surface area contributed by atoms with E-state index < -0.39 is 16.7 Å². The lowest BCUT2D eigenvalue weighted by Crippen LogP contribution is -2.32. The second-order valence-electron chi connectivity index (χ2n) is 7.05. The van der Waals surface area contributed by atoms with E-state index >= 15 is 0 Å². The number of nitro benzene ring substituents is 1. The van der Waals surface area contributed by atoms with Crippen LogP contribution >= 0.6 is 0 Å². The first-order chi connectivity index (χ1) is 15.4. The van der Waals surface area contributed by atoms with E-state index in [4.69, 9.17) is 0 Å². The van der Waals surface area contributed by atoms with Crippen LogP contribution in [0.3, 0.4) is 0 Å². The van der Waals surface area contributed by atoms with Gasteiger partial charge in [-0.1, -0.05) is 0 Å². The second-order valence-corrected chi connectivity index (χ2v) is 7.05. The Bertz CT molecular complexity index is 1060. The van der Waals surface area contributed by atoms with E-state index in [9.17, 15) is 29.3 Å². The third kappa shape index (κ3) is 5.31. The molecule has 1 aromatic carbocycles. The Balaban J connectivity index is 1.35. The molecule has 0 radical (unpaired) electrons. The van der Waals surface area contributed by atoms with Crippen LogP contribution < -0.4 is 10.6 Å². The van der Waals surface area contributed by atoms with Crippen LogP contribution in [0.5, 0.6) is 0 Å². The van der Waals surface area contributed by atoms with Gasteiger partial charge in [0.2, 0.25) is 5.91 Å². The first kappa shape index (κ1) is 22.5. The van der Waals surface area contributed by atoms with Crippen molar-refractivity contribution in [3.63, 3.8) is 0 Å². The highest BCUT2D eigenvalue weighted by molar-refractivity contribution is 6.21. The monoisotopic (exact) mass is 439 g/mol. The standard InChI is InChI=1S/C21H21N5O6/c27-18(23-9-3-10-24-19(28)14-4-1-8-22-13-14)5-2-11-25-20(29)16-7-6-15(26(31)32)12-17(16)21(25)30/h1,4,6-8,12-13H,2-3,5,9-11H2,(H,23,27)(H,24,28). The normalized spacial score (nSPS) is 12.4. The number of aromatic nitrogens is 1. The fourth-order valence-electron chi connectivity index (χ4n) is 3.20. The van der Waals surface area contributed by atoms with Gasteiger partial charge in [-0.15, -0.1) is 0 Å². The Morgan fingerprint density at radius 2 is 1.78 bits per heavy atom. The summed E-state index contributed by atoms with van der Waals surface area (Å²) in [7, 11) is 0. The summed E-state index contributed by atoms with van der Waals surface area (Å²) in [4.78, 5) is 63.7. The molecule has 11 heteroatoms. The molecule has 32 heavy (non-hydrogen) atoms. The number of pyridine rings is 1. The number of rotatable bonds is 10. The molecule has 1 aliphatic heterocycles. The summed E-state index contributed by atoms with van der Waals surface area (Å²) < 4.78 is 0. The zero-order valence-electron chi connectivity index (χ0n) is 17.1. The second kappa shape index (κ2) is 10.2. The smallest absolute Gasteiger partial charge is 0.270 e. The van der Waals surface area contributed by atoms with E-state index in [0.29, 0.717) is 25.1 Å². The molecule has 2 N–H and O–H groups in total. The molecule has 0 fully saturated rings. The summed E-state index contributed by atoms with van der Waals surface area (Å²) in [5.74, 6) is -1.60. The molecule has 4 amide bonds. The number of nitro groups is 1. The largest absolute Gasteiger partial charge is 0.356 e. The molecule has 1 aliphatic rings. The molecule has 2 heterocycles. The van der Waals surface area contributed by atoms with E-state index in [1.807, 2.05) is 0 Å². The van der Waals surface area contributed by atoms with Crippen LogP contribution in [0.2, 0.25) is 0 Å². The van der Waals surface area contributed by atoms with Gasteiger partial charge in [0.1, 0.15) is 0 Å². The van der Waals surface area contributed by atoms with Crippen molar-refractivity contribution in [2.24, 2.45) is 0 Å². The van der Waals surface area contributed by atoms with Gasteiger partial charge in [-0.25, -0.2) is 0 Å². The lowest BCUT2D eigenvalue weighted by atomic mass is 10.1. The van der Waals surface area contributed by atoms with E-state index in [2.05, 4.69) is 15.6 Å². The van der Waals surface area contributed by atoms with Crippen LogP contribution in [0.15, 0.2) is 42.7 Å². The third-order valence-electron chi connectivity index (χ3n) is 4.84. The number of non-ortho nitro benzene ring substituents is 1. The third-order valence-corrected chi connectivity index (χ3v) is 4.84. The molecule has 166 valence electrons. The molecule has 0 atom stereocenters. The van der Waals surface area contributed by atoms with Crippen molar-refractivity contribution < 1.29 is 24.1 Å². The van der Waals surface area contributed by atoms with Crippen LogP contribution in [0.25, 0.3) is 0 Å². The molecule has 1 aromatic heterocycles. The predicted octanol–water partition coefficient (Wildman–Crippen LogP) is 1.30. The van der Waals surface area contributed by atoms with Crippen molar-refractivity contribution in [3.05, 3.63) is 69.5 Å². The molecular weight excluding hydrogens is 418 g/mol. The zero-order chi connectivity index (χ0) is 23.1. The summed E-state index contributed by atoms with van der Waals surface area (Å²) in [5, 5.41) is 16.3. The van der Waals surface area contributed by atoms with E-state index in [1.54, 1.807) is 18.3 Å². The van der Waals surface area contributed by atoms with Crippen molar-refractivity contribution in [2.45, 2.75) is 19.3 Å². The van der Waals surface area contributed by atoms with Gasteiger partial charge in [0.15, 0.2) is 0 Å². The number of amides is 4. The molecule has 0 aliphatic carbocycles. The quantitative estimate of drug-likeness (QED) is 0.245. The van der Waals surface area contributed by atoms with Gasteiger partial charge in [0, 0.05) is 50.6 Å². The van der Waals surface area contributed by atoms with Crippen LogP contribution in [0, 0.1) is 10.1 Å². The first-order valence-corrected chi connectivity index (χ1v) is 9.98. The molecule has 0 spiro atoms. The number of hydrogen-bond acceptors (Lipinski definition) is 7. The Kier molecular flexibility index (Phi) is 7.21. The van der Waals surface area contributed by atoms with Gasteiger partial charge < -0.3 is 10.6 Å². The fourth-order valence-corrected chi connectivity index (χ4v) is 3.20. The van der Waals surface area contributed by atoms with Crippen LogP contribution in [0.4, 0.5) is 5.69 Å². The van der Waals surface area contributed by atoms with E-state index in [0.717, 1.165) is 11.0 Å². The Labute approximate surface area is 183 Å². The molecule has 0 saturated heterocycles. The Morgan fingerprint density at radius 1 is 1.03 bits per heavy atom. The van der Waals surface area contributed by atoms with Gasteiger partial charge >= 0.3 is 0 Å². The molecular formula is C21H21N5O6. The minimum Gasteiger partial charge on any atom is -0.356 e. The van der Waals surface area contributed by atoms with E-state index in [1.165, 1.54) is 18.3 Å². The van der Waals surface area contributed by atoms with Gasteiger partial charge in [-0.3, -0.25) is 39.2 Å². The maximum absolute atomic E-state index is 12.4. The maximum atomic E-state index is 12.4. The van der Waals surface area contributed by atoms with Crippen LogP contribution in [-0.4, -0.2) is 58.1 Å². The summed E-state index contributed by atoms with van der Waals surface area (Å²) in [6.45, 7) is 0.784. The number of hydrogen-bond donors (Lipinski definition) is 2. The fraction of sp³-hybridized carbons (Fsp3) is 0.286. The van der Waals surface area contributed by atoms with Crippen LogP contribution in [-0.2, 0) is 4.79 Å². The number of carbonyl (C=O) groups is 4. The number of nitrogens with zero attached hydrogens (tertiary/aromatic N) is 3. The number of imide groups is 1. The highest BCUT2D eigenvalue weighted by atomic mass is 16.6. The van der Waals surface area contributed by atoms with Gasteiger partial charge in [0.25, 0.3) is 23.4 Å². The minimum atomic E-state index is -0.630. The number of fused-ring (bicyclic) bond motifs is 1. The highest BCUT2D eigenvalue weighted by Crippen LogP contribution is 2.26. The SMILES string of the molecule is O=C(CCCN1C(=O)c2ccc([N+](=O)[O-])cc2C1=O)NCCCNC(=O)c1cccnc1. The lowest BCUT2D eigenvalue weighted by molar-refractivity contribution is -0.384. The van der Waals surface area contributed by atoms with Crippen molar-refractivity contribution in [2.75, 3.05) is 19.6 Å². The van der Waals surface area contributed by atoms with E-state index in [-0.39, 0.29) is 48.0 Å². The van der Waals surface area contributed by atoms with Crippen LogP contribution in [0.1, 0.15) is 50.3 Å². The predicted molar refractivity (Wildman–Crippen MR) is 112 cm³/mol. The van der Waals surface area contributed by atoms with Crippen molar-refractivity contribution >= 4 is 29.3 Å². The molecule has 0 unspecified atom stereocenters. The zero-order valence-corrected chi connectivity index (χ0v) is 17.1. The number of nitrogens with one attached hydrogen (secondary N) is 2. The van der Waals surface area contributed by atoms with Gasteiger partial charge in [0.05, 0.1) is 21.6 Å². The lowest BCUT2D eigenvalue weighted by Gasteiger charge is -2.13. The Hall–Kier alpha value is -4.15. The molecule has 0 bridgehead atoms. The summed E-state index contributed by atoms with van der Waals surface area (Å²) in [6, 6.07) is 6.86. The average molecular weight is 439 g/mol. The Morgan fingerprint density at radius 3 is 2.50 bits per heavy atom. The van der Waals surface area contributed by atoms with Gasteiger partial charge in [-0.05, 0) is 31.0 Å². The summed E-state index contributed by atoms with van der Waals surface area (Å²) >= 11 is 0. The minimum absolute atomic E-state index is 0.00184. The molecule has 0 saturated carbocycles. The maximum Gasteiger partial charge on any atom is 0.270 e. The first-order valence-electron chi connectivity index (χ1n) is 9.98. The van der Waals surface area contributed by atoms with Gasteiger partial charge in [-0.2, -0.15) is 0 Å². The number of carbonyl (C=O) groups excluding carboxylic acids is 4. The molecule has 3 rings (SSSR count). The topological polar surface area (TPSA) is 152 Å². The molecule has 11 nitrogen and oxygen atoms in total. The summed E-state index contributed by atoms with van der Waals surface area (Å²) in [5.41, 5.74) is 0.322. The van der Waals surface area contributed by atoms with Crippen molar-refractivity contribution in [1.29, 1.82) is 0 Å². The summed E-state index contributed by atoms with van der Waals surface area (Å²) in [6.07, 6.45) is 3.95. The van der Waals surface area contributed by atoms with Crippen molar-refractivity contribution in [3.8, 4) is 0 Å². The highest BCUT2D eigenvalue weighted by Gasteiger charge is 2.36. The average Bonchev–Trinajstić information content (AvgIpc) is 3.03. The number of benzene rings is 1.